The predicted molar refractivity (Wildman–Crippen MR) is 105 cm³/mol. The van der Waals surface area contributed by atoms with Gasteiger partial charge in [0.15, 0.2) is 0 Å². The highest BCUT2D eigenvalue weighted by Crippen LogP contribution is 2.24. The van der Waals surface area contributed by atoms with E-state index in [-0.39, 0.29) is 17.5 Å². The molecular formula is C19H14BrN5O. The number of benzene rings is 2. The van der Waals surface area contributed by atoms with Crippen molar-refractivity contribution in [3.05, 3.63) is 70.5 Å². The van der Waals surface area contributed by atoms with E-state index in [1.165, 1.54) is 0 Å². The van der Waals surface area contributed by atoms with Gasteiger partial charge in [0, 0.05) is 28.0 Å². The number of fused-ring (bicyclic) bond motifs is 2. The number of pyridine rings is 1. The third kappa shape index (κ3) is 2.97. The van der Waals surface area contributed by atoms with Crippen LogP contribution in [0, 0.1) is 0 Å². The Labute approximate surface area is 157 Å². The molecule has 0 saturated carbocycles. The Morgan fingerprint density at radius 2 is 1.85 bits per heavy atom. The van der Waals surface area contributed by atoms with Crippen molar-refractivity contribution in [2.24, 2.45) is 0 Å². The van der Waals surface area contributed by atoms with Crippen LogP contribution in [0.4, 0.5) is 5.95 Å². The first kappa shape index (κ1) is 16.4. The second kappa shape index (κ2) is 6.68. The van der Waals surface area contributed by atoms with E-state index in [0.29, 0.717) is 17.4 Å². The highest BCUT2D eigenvalue weighted by molar-refractivity contribution is 9.10. The minimum absolute atomic E-state index is 0.0568. The lowest BCUT2D eigenvalue weighted by molar-refractivity contribution is 0.0948. The van der Waals surface area contributed by atoms with Crippen LogP contribution < -0.4 is 11.1 Å². The standard InChI is InChI=1S/C19H14BrN5O/c20-14-8-2-7-13-16(14)24-19(21)25-17(13)18(26)23-10-12-5-1-4-11-6-3-9-22-15(11)12/h1-9H,10H2,(H,23,26)(H2,21,24,25). The van der Waals surface area contributed by atoms with E-state index >= 15 is 0 Å². The second-order valence-electron chi connectivity index (χ2n) is 5.74. The quantitative estimate of drug-likeness (QED) is 0.542. The maximum atomic E-state index is 12.7. The summed E-state index contributed by atoms with van der Waals surface area (Å²) in [5.74, 6) is -0.253. The Balaban J connectivity index is 1.67. The van der Waals surface area contributed by atoms with Crippen molar-refractivity contribution >= 4 is 49.6 Å². The van der Waals surface area contributed by atoms with Crippen molar-refractivity contribution in [3.63, 3.8) is 0 Å². The zero-order chi connectivity index (χ0) is 18.1. The summed E-state index contributed by atoms with van der Waals surface area (Å²) in [6.07, 6.45) is 1.74. The molecule has 0 spiro atoms. The SMILES string of the molecule is Nc1nc(C(=O)NCc2cccc3cccnc23)c2cccc(Br)c2n1. The van der Waals surface area contributed by atoms with Crippen LogP contribution in [0.2, 0.25) is 0 Å². The number of para-hydroxylation sites is 2. The molecular weight excluding hydrogens is 394 g/mol. The first-order valence-electron chi connectivity index (χ1n) is 7.96. The Kier molecular flexibility index (Phi) is 4.22. The lowest BCUT2D eigenvalue weighted by Gasteiger charge is -2.10. The number of hydrogen-bond acceptors (Lipinski definition) is 5. The number of rotatable bonds is 3. The number of carbonyl (C=O) groups excluding carboxylic acids is 1. The molecule has 0 aliphatic heterocycles. The minimum Gasteiger partial charge on any atom is -0.368 e. The maximum Gasteiger partial charge on any atom is 0.271 e. The van der Waals surface area contributed by atoms with Gasteiger partial charge in [-0.2, -0.15) is 0 Å². The van der Waals surface area contributed by atoms with Crippen molar-refractivity contribution in [2.75, 3.05) is 5.73 Å². The van der Waals surface area contributed by atoms with Gasteiger partial charge in [-0.15, -0.1) is 0 Å². The van der Waals surface area contributed by atoms with Crippen LogP contribution in [0.1, 0.15) is 16.1 Å². The molecule has 0 atom stereocenters. The number of nitrogens with zero attached hydrogens (tertiary/aromatic N) is 3. The molecule has 0 saturated heterocycles. The molecule has 7 heteroatoms. The average Bonchev–Trinajstić information content (AvgIpc) is 2.66. The summed E-state index contributed by atoms with van der Waals surface area (Å²) in [5, 5.41) is 4.57. The molecule has 128 valence electrons. The molecule has 0 fully saturated rings. The summed E-state index contributed by atoms with van der Waals surface area (Å²) in [6.45, 7) is 0.340. The van der Waals surface area contributed by atoms with E-state index in [9.17, 15) is 4.79 Å². The summed E-state index contributed by atoms with van der Waals surface area (Å²) >= 11 is 3.43. The van der Waals surface area contributed by atoms with Crippen LogP contribution in [0.15, 0.2) is 59.2 Å². The van der Waals surface area contributed by atoms with E-state index in [4.69, 9.17) is 5.73 Å². The third-order valence-electron chi connectivity index (χ3n) is 4.07. The monoisotopic (exact) mass is 407 g/mol. The predicted octanol–water partition coefficient (Wildman–Crippen LogP) is 3.45. The van der Waals surface area contributed by atoms with Crippen LogP contribution >= 0.6 is 15.9 Å². The number of anilines is 1. The van der Waals surface area contributed by atoms with Crippen molar-refractivity contribution in [3.8, 4) is 0 Å². The van der Waals surface area contributed by atoms with Gasteiger partial charge in [-0.1, -0.05) is 36.4 Å². The van der Waals surface area contributed by atoms with Gasteiger partial charge in [-0.25, -0.2) is 9.97 Å². The molecule has 0 radical (unpaired) electrons. The molecule has 2 heterocycles. The van der Waals surface area contributed by atoms with Crippen molar-refractivity contribution in [1.29, 1.82) is 0 Å². The van der Waals surface area contributed by atoms with E-state index in [2.05, 4.69) is 36.2 Å². The number of nitrogens with one attached hydrogen (secondary N) is 1. The smallest absolute Gasteiger partial charge is 0.271 e. The molecule has 3 N–H and O–H groups in total. The fourth-order valence-electron chi connectivity index (χ4n) is 2.88. The summed E-state index contributed by atoms with van der Waals surface area (Å²) in [4.78, 5) is 25.5. The van der Waals surface area contributed by atoms with Crippen LogP contribution in [0.3, 0.4) is 0 Å². The number of hydrogen-bond donors (Lipinski definition) is 2. The first-order valence-corrected chi connectivity index (χ1v) is 8.75. The number of amides is 1. The largest absolute Gasteiger partial charge is 0.368 e. The van der Waals surface area contributed by atoms with Crippen molar-refractivity contribution in [1.82, 2.24) is 20.3 Å². The number of aromatic nitrogens is 3. The summed E-state index contributed by atoms with van der Waals surface area (Å²) < 4.78 is 0.761. The molecule has 4 rings (SSSR count). The molecule has 2 aromatic carbocycles. The van der Waals surface area contributed by atoms with Gasteiger partial charge in [-0.05, 0) is 33.6 Å². The first-order chi connectivity index (χ1) is 12.6. The number of halogens is 1. The van der Waals surface area contributed by atoms with Gasteiger partial charge in [-0.3, -0.25) is 9.78 Å². The molecule has 0 aliphatic carbocycles. The van der Waals surface area contributed by atoms with Crippen LogP contribution in [-0.4, -0.2) is 20.9 Å². The molecule has 0 unspecified atom stereocenters. The molecule has 6 nitrogen and oxygen atoms in total. The van der Waals surface area contributed by atoms with Gasteiger partial charge in [0.25, 0.3) is 5.91 Å². The zero-order valence-corrected chi connectivity index (χ0v) is 15.2. The van der Waals surface area contributed by atoms with Gasteiger partial charge in [0.2, 0.25) is 5.95 Å². The Bertz CT molecular complexity index is 1140. The van der Waals surface area contributed by atoms with Crippen LogP contribution in [-0.2, 0) is 6.54 Å². The van der Waals surface area contributed by atoms with Crippen molar-refractivity contribution < 1.29 is 4.79 Å². The number of nitrogens with two attached hydrogens (primary N) is 1. The molecule has 0 bridgehead atoms. The Morgan fingerprint density at radius 1 is 1.04 bits per heavy atom. The Hall–Kier alpha value is -3.06. The van der Waals surface area contributed by atoms with Gasteiger partial charge >= 0.3 is 0 Å². The highest BCUT2D eigenvalue weighted by atomic mass is 79.9. The maximum absolute atomic E-state index is 12.7. The van der Waals surface area contributed by atoms with Gasteiger partial charge < -0.3 is 11.1 Å². The fourth-order valence-corrected chi connectivity index (χ4v) is 3.33. The molecule has 4 aromatic rings. The van der Waals surface area contributed by atoms with Gasteiger partial charge in [0.1, 0.15) is 5.69 Å². The topological polar surface area (TPSA) is 93.8 Å². The van der Waals surface area contributed by atoms with Gasteiger partial charge in [0.05, 0.1) is 11.0 Å². The lowest BCUT2D eigenvalue weighted by Crippen LogP contribution is -2.25. The van der Waals surface area contributed by atoms with E-state index in [0.717, 1.165) is 20.9 Å². The normalized spacial score (nSPS) is 11.0. The average molecular weight is 408 g/mol. The summed E-state index contributed by atoms with van der Waals surface area (Å²) in [7, 11) is 0. The molecule has 26 heavy (non-hydrogen) atoms. The highest BCUT2D eigenvalue weighted by Gasteiger charge is 2.15. The van der Waals surface area contributed by atoms with E-state index < -0.39 is 0 Å². The van der Waals surface area contributed by atoms with E-state index in [1.54, 1.807) is 12.3 Å². The third-order valence-corrected chi connectivity index (χ3v) is 4.71. The Morgan fingerprint density at radius 3 is 2.73 bits per heavy atom. The lowest BCUT2D eigenvalue weighted by atomic mass is 10.1. The van der Waals surface area contributed by atoms with E-state index in [1.807, 2.05) is 42.5 Å². The minimum atomic E-state index is -0.310. The zero-order valence-electron chi connectivity index (χ0n) is 13.6. The summed E-state index contributed by atoms with van der Waals surface area (Å²) in [5.41, 5.74) is 8.44. The molecule has 1 amide bonds. The number of nitrogen functional groups attached to an aromatic ring is 1. The molecule has 2 aromatic heterocycles. The molecule has 0 aliphatic rings. The number of carbonyl (C=O) groups is 1. The van der Waals surface area contributed by atoms with Crippen molar-refractivity contribution in [2.45, 2.75) is 6.54 Å². The fraction of sp³-hybridized carbons (Fsp3) is 0.0526. The van der Waals surface area contributed by atoms with Crippen LogP contribution in [0.5, 0.6) is 0 Å². The summed E-state index contributed by atoms with van der Waals surface area (Å²) in [6, 6.07) is 15.2. The van der Waals surface area contributed by atoms with Crippen LogP contribution in [0.25, 0.3) is 21.8 Å². The second-order valence-corrected chi connectivity index (χ2v) is 6.60.